The standard InChI is InChI=1S/C36H54N6O5/c1-25-31-11-14-41(18-27(31)9-10-33(25)46-22-30-17-37-24-47-30)21-29(44)16-38-35(45)32-15-34(40-28-19-42(20-28)26(2)43)39-23-36(32)12-7-5-3-4-6-8-13-36/h9-10,17,24,28-29,32,34,39-40,44H,3-8,11-16,18-23H2,1-2H3,(H,38,45)/t29-,32?,34?/m0/s1. The fourth-order valence-corrected chi connectivity index (χ4v) is 8.32. The summed E-state index contributed by atoms with van der Waals surface area (Å²) >= 11 is 0. The number of fused-ring (bicyclic) bond motifs is 1. The summed E-state index contributed by atoms with van der Waals surface area (Å²) in [4.78, 5) is 33.8. The zero-order valence-electron chi connectivity index (χ0n) is 28.3. The van der Waals surface area contributed by atoms with Crippen LogP contribution >= 0.6 is 0 Å². The Balaban J connectivity index is 1.03. The number of carbonyl (C=O) groups is 2. The van der Waals surface area contributed by atoms with Crippen LogP contribution in [0.4, 0.5) is 0 Å². The molecule has 6 rings (SSSR count). The van der Waals surface area contributed by atoms with Crippen LogP contribution in [0.5, 0.6) is 5.75 Å². The van der Waals surface area contributed by atoms with E-state index in [1.165, 1.54) is 43.2 Å². The summed E-state index contributed by atoms with van der Waals surface area (Å²) < 4.78 is 11.3. The van der Waals surface area contributed by atoms with Gasteiger partial charge in [-0.3, -0.25) is 19.8 Å². The Morgan fingerprint density at radius 2 is 1.94 bits per heavy atom. The molecule has 2 amide bonds. The van der Waals surface area contributed by atoms with Crippen LogP contribution in [-0.4, -0.2) is 89.3 Å². The molecular formula is C36H54N6O5. The molecule has 1 aromatic carbocycles. The SMILES string of the molecule is CC(=O)N1CC(NC2CC(C(=O)NC[C@H](O)CN3CCc4c(ccc(OCc5cnco5)c4C)C3)C3(CCCCCCCC3)CN2)C1. The number of hydrogen-bond acceptors (Lipinski definition) is 9. The average Bonchev–Trinajstić information content (AvgIpc) is 3.59. The van der Waals surface area contributed by atoms with Crippen molar-refractivity contribution < 1.29 is 23.8 Å². The minimum absolute atomic E-state index is 0.0398. The first kappa shape index (κ1) is 33.9. The third-order valence-corrected chi connectivity index (χ3v) is 11.1. The second-order valence-electron chi connectivity index (χ2n) is 14.5. The number of nitrogens with one attached hydrogen (secondary N) is 3. The molecule has 258 valence electrons. The van der Waals surface area contributed by atoms with Gasteiger partial charge in [0.2, 0.25) is 11.8 Å². The maximum Gasteiger partial charge on any atom is 0.223 e. The largest absolute Gasteiger partial charge is 0.485 e. The number of aliphatic hydroxyl groups excluding tert-OH is 1. The van der Waals surface area contributed by atoms with Gasteiger partial charge in [-0.15, -0.1) is 0 Å². The summed E-state index contributed by atoms with van der Waals surface area (Å²) in [6.07, 6.45) is 13.6. The van der Waals surface area contributed by atoms with Crippen molar-refractivity contribution in [2.45, 2.75) is 110 Å². The van der Waals surface area contributed by atoms with E-state index in [1.807, 2.05) is 11.0 Å². The molecule has 11 heteroatoms. The van der Waals surface area contributed by atoms with Crippen molar-refractivity contribution in [1.29, 1.82) is 0 Å². The van der Waals surface area contributed by atoms with E-state index < -0.39 is 6.10 Å². The smallest absolute Gasteiger partial charge is 0.223 e. The average molecular weight is 651 g/mol. The predicted octanol–water partition coefficient (Wildman–Crippen LogP) is 3.27. The van der Waals surface area contributed by atoms with Gasteiger partial charge in [-0.2, -0.15) is 0 Å². The molecule has 2 aromatic rings. The molecule has 3 atom stereocenters. The molecule has 11 nitrogen and oxygen atoms in total. The quantitative estimate of drug-likeness (QED) is 0.306. The van der Waals surface area contributed by atoms with Crippen molar-refractivity contribution in [2.75, 3.05) is 39.3 Å². The second kappa shape index (κ2) is 15.5. The van der Waals surface area contributed by atoms with Gasteiger partial charge < -0.3 is 29.8 Å². The highest BCUT2D eigenvalue weighted by Gasteiger charge is 2.47. The number of piperidine rings is 1. The number of rotatable bonds is 10. The number of benzene rings is 1. The van der Waals surface area contributed by atoms with Crippen molar-refractivity contribution >= 4 is 11.8 Å². The number of amides is 2. The van der Waals surface area contributed by atoms with Gasteiger partial charge in [0.05, 0.1) is 18.5 Å². The lowest BCUT2D eigenvalue weighted by Gasteiger charge is -2.49. The summed E-state index contributed by atoms with van der Waals surface area (Å²) in [5, 5.41) is 21.7. The van der Waals surface area contributed by atoms with Crippen molar-refractivity contribution in [2.24, 2.45) is 11.3 Å². The first-order valence-corrected chi connectivity index (χ1v) is 17.8. The Labute approximate surface area is 279 Å². The highest BCUT2D eigenvalue weighted by molar-refractivity contribution is 5.80. The van der Waals surface area contributed by atoms with Crippen LogP contribution < -0.4 is 20.7 Å². The lowest BCUT2D eigenvalue weighted by molar-refractivity contribution is -0.134. The molecule has 2 saturated heterocycles. The Kier molecular flexibility index (Phi) is 11.2. The molecule has 1 aliphatic carbocycles. The molecule has 1 spiro atoms. The van der Waals surface area contributed by atoms with Crippen molar-refractivity contribution in [3.63, 3.8) is 0 Å². The molecule has 47 heavy (non-hydrogen) atoms. The molecule has 3 fully saturated rings. The molecule has 1 aromatic heterocycles. The first-order valence-electron chi connectivity index (χ1n) is 17.8. The Morgan fingerprint density at radius 1 is 1.17 bits per heavy atom. The van der Waals surface area contributed by atoms with Crippen LogP contribution in [0.1, 0.15) is 87.2 Å². The Morgan fingerprint density at radius 3 is 2.66 bits per heavy atom. The molecule has 4 N–H and O–H groups in total. The van der Waals surface area contributed by atoms with E-state index in [-0.39, 0.29) is 41.9 Å². The normalized spacial score (nSPS) is 24.4. The van der Waals surface area contributed by atoms with Crippen LogP contribution in [0.2, 0.25) is 0 Å². The summed E-state index contributed by atoms with van der Waals surface area (Å²) in [6, 6.07) is 4.40. The third kappa shape index (κ3) is 8.36. The monoisotopic (exact) mass is 650 g/mol. The van der Waals surface area contributed by atoms with Gasteiger partial charge in [0.15, 0.2) is 12.2 Å². The lowest BCUT2D eigenvalue weighted by Crippen LogP contribution is -2.67. The summed E-state index contributed by atoms with van der Waals surface area (Å²) in [6.45, 7) is 8.71. The van der Waals surface area contributed by atoms with Gasteiger partial charge in [-0.25, -0.2) is 4.98 Å². The number of carbonyl (C=O) groups excluding carboxylic acids is 2. The number of aliphatic hydroxyl groups is 1. The predicted molar refractivity (Wildman–Crippen MR) is 178 cm³/mol. The number of likely N-dealkylation sites (tertiary alicyclic amines) is 1. The van der Waals surface area contributed by atoms with Crippen LogP contribution in [0, 0.1) is 18.3 Å². The molecule has 4 aliphatic rings. The third-order valence-electron chi connectivity index (χ3n) is 11.1. The molecule has 1 saturated carbocycles. The minimum Gasteiger partial charge on any atom is -0.485 e. The van der Waals surface area contributed by atoms with Crippen LogP contribution in [0.15, 0.2) is 29.1 Å². The van der Waals surface area contributed by atoms with E-state index in [0.717, 1.165) is 82.6 Å². The maximum absolute atomic E-state index is 14.0. The summed E-state index contributed by atoms with van der Waals surface area (Å²) in [5.41, 5.74) is 3.65. The van der Waals surface area contributed by atoms with E-state index in [9.17, 15) is 14.7 Å². The molecule has 2 unspecified atom stereocenters. The summed E-state index contributed by atoms with van der Waals surface area (Å²) in [5.74, 6) is 1.63. The van der Waals surface area contributed by atoms with Crippen molar-refractivity contribution in [3.05, 3.63) is 47.2 Å². The molecule has 0 bridgehead atoms. The van der Waals surface area contributed by atoms with Crippen LogP contribution in [0.3, 0.4) is 0 Å². The van der Waals surface area contributed by atoms with E-state index >= 15 is 0 Å². The van der Waals surface area contributed by atoms with E-state index in [0.29, 0.717) is 18.9 Å². The zero-order chi connectivity index (χ0) is 32.8. The minimum atomic E-state index is -0.647. The molecule has 3 aliphatic heterocycles. The van der Waals surface area contributed by atoms with Gasteiger partial charge in [-0.1, -0.05) is 44.6 Å². The second-order valence-corrected chi connectivity index (χ2v) is 14.5. The van der Waals surface area contributed by atoms with Gasteiger partial charge in [0.25, 0.3) is 0 Å². The van der Waals surface area contributed by atoms with E-state index in [2.05, 4.69) is 38.8 Å². The molecule has 0 radical (unpaired) electrons. The van der Waals surface area contributed by atoms with E-state index in [1.54, 1.807) is 13.1 Å². The number of hydrogen-bond donors (Lipinski definition) is 4. The Bertz CT molecular complexity index is 1340. The van der Waals surface area contributed by atoms with Crippen LogP contribution in [0.25, 0.3) is 0 Å². The fourth-order valence-electron chi connectivity index (χ4n) is 8.32. The van der Waals surface area contributed by atoms with Gasteiger partial charge in [-0.05, 0) is 60.8 Å². The van der Waals surface area contributed by atoms with Gasteiger partial charge in [0.1, 0.15) is 12.4 Å². The number of β-amino-alcohol motifs (C(OH)–C–C–N with tert-alkyl or cyclic N) is 1. The topological polar surface area (TPSA) is 132 Å². The molecular weight excluding hydrogens is 596 g/mol. The van der Waals surface area contributed by atoms with Crippen molar-refractivity contribution in [1.82, 2.24) is 30.7 Å². The number of nitrogens with zero attached hydrogens (tertiary/aromatic N) is 3. The highest BCUT2D eigenvalue weighted by atomic mass is 16.5. The number of oxazole rings is 1. The van der Waals surface area contributed by atoms with E-state index in [4.69, 9.17) is 9.15 Å². The molecule has 4 heterocycles. The lowest BCUT2D eigenvalue weighted by atomic mass is 9.64. The maximum atomic E-state index is 14.0. The zero-order valence-corrected chi connectivity index (χ0v) is 28.3. The van der Waals surface area contributed by atoms with Gasteiger partial charge in [0, 0.05) is 64.7 Å². The first-order chi connectivity index (χ1) is 22.8. The number of ether oxygens (including phenoxy) is 1. The Hall–Kier alpha value is -2.99. The van der Waals surface area contributed by atoms with Crippen molar-refractivity contribution in [3.8, 4) is 5.75 Å². The van der Waals surface area contributed by atoms with Gasteiger partial charge >= 0.3 is 0 Å². The van der Waals surface area contributed by atoms with Crippen LogP contribution in [-0.2, 0) is 29.2 Å². The fraction of sp³-hybridized carbons (Fsp3) is 0.694. The summed E-state index contributed by atoms with van der Waals surface area (Å²) in [7, 11) is 0. The highest BCUT2D eigenvalue weighted by Crippen LogP contribution is 2.44. The number of aromatic nitrogens is 1.